The molecule has 0 saturated carbocycles. The van der Waals surface area contributed by atoms with Crippen molar-refractivity contribution in [2.24, 2.45) is 7.05 Å². The number of fused-ring (bicyclic) bond motifs is 1. The van der Waals surface area contributed by atoms with Crippen molar-refractivity contribution in [3.63, 3.8) is 0 Å². The SMILES string of the molecule is Cc1nc(-c2ccc3nc(C)c(=O)n(C)c3c2)n(-c2ccnc(F)c2)n1. The van der Waals surface area contributed by atoms with Crippen LogP contribution in [0.5, 0.6) is 0 Å². The Morgan fingerprint density at radius 2 is 1.88 bits per heavy atom. The van der Waals surface area contributed by atoms with Gasteiger partial charge < -0.3 is 4.57 Å². The molecule has 8 heteroatoms. The van der Waals surface area contributed by atoms with E-state index in [1.165, 1.54) is 12.3 Å². The van der Waals surface area contributed by atoms with Crippen molar-refractivity contribution in [2.75, 3.05) is 0 Å². The lowest BCUT2D eigenvalue weighted by Gasteiger charge is -2.09. The van der Waals surface area contributed by atoms with E-state index in [1.54, 1.807) is 36.2 Å². The van der Waals surface area contributed by atoms with Gasteiger partial charge in [-0.25, -0.2) is 19.6 Å². The average molecular weight is 350 g/mol. The van der Waals surface area contributed by atoms with Crippen LogP contribution in [0.3, 0.4) is 0 Å². The third kappa shape index (κ3) is 2.55. The highest BCUT2D eigenvalue weighted by atomic mass is 19.1. The summed E-state index contributed by atoms with van der Waals surface area (Å²) in [5.74, 6) is 0.499. The number of hydrogen-bond donors (Lipinski definition) is 0. The number of benzene rings is 1. The van der Waals surface area contributed by atoms with Gasteiger partial charge >= 0.3 is 0 Å². The predicted octanol–water partition coefficient (Wildman–Crippen LogP) is 2.33. The van der Waals surface area contributed by atoms with E-state index in [4.69, 9.17) is 0 Å². The third-order valence-corrected chi connectivity index (χ3v) is 4.17. The fraction of sp³-hybridized carbons (Fsp3) is 0.167. The average Bonchev–Trinajstić information content (AvgIpc) is 3.01. The highest BCUT2D eigenvalue weighted by Gasteiger charge is 2.14. The minimum Gasteiger partial charge on any atom is -0.308 e. The van der Waals surface area contributed by atoms with Gasteiger partial charge in [0.2, 0.25) is 5.95 Å². The van der Waals surface area contributed by atoms with E-state index in [0.29, 0.717) is 34.1 Å². The summed E-state index contributed by atoms with van der Waals surface area (Å²) in [5, 5.41) is 4.36. The number of rotatable bonds is 2. The molecule has 0 bridgehead atoms. The molecule has 0 aliphatic heterocycles. The lowest BCUT2D eigenvalue weighted by atomic mass is 10.1. The van der Waals surface area contributed by atoms with Crippen molar-refractivity contribution in [3.05, 3.63) is 64.3 Å². The Bertz CT molecular complexity index is 1210. The minimum atomic E-state index is -0.595. The van der Waals surface area contributed by atoms with Crippen molar-refractivity contribution in [1.29, 1.82) is 0 Å². The molecule has 0 saturated heterocycles. The Hall–Kier alpha value is -3.42. The molecular weight excluding hydrogens is 335 g/mol. The molecule has 4 aromatic rings. The second-order valence-corrected chi connectivity index (χ2v) is 6.00. The largest absolute Gasteiger partial charge is 0.308 e. The second kappa shape index (κ2) is 5.83. The summed E-state index contributed by atoms with van der Waals surface area (Å²) in [6.45, 7) is 3.45. The fourth-order valence-electron chi connectivity index (χ4n) is 2.91. The third-order valence-electron chi connectivity index (χ3n) is 4.17. The Kier molecular flexibility index (Phi) is 3.61. The molecule has 0 fully saturated rings. The van der Waals surface area contributed by atoms with Gasteiger partial charge in [0.1, 0.15) is 11.5 Å². The van der Waals surface area contributed by atoms with Gasteiger partial charge in [0.15, 0.2) is 5.82 Å². The monoisotopic (exact) mass is 350 g/mol. The minimum absolute atomic E-state index is 0.150. The van der Waals surface area contributed by atoms with Gasteiger partial charge in [0.05, 0.1) is 16.7 Å². The topological polar surface area (TPSA) is 78.5 Å². The Morgan fingerprint density at radius 1 is 1.08 bits per heavy atom. The number of aromatic nitrogens is 6. The first kappa shape index (κ1) is 16.1. The van der Waals surface area contributed by atoms with E-state index in [9.17, 15) is 9.18 Å². The van der Waals surface area contributed by atoms with Gasteiger partial charge in [0, 0.05) is 24.9 Å². The van der Waals surface area contributed by atoms with Gasteiger partial charge in [-0.3, -0.25) is 4.79 Å². The zero-order valence-electron chi connectivity index (χ0n) is 14.4. The van der Waals surface area contributed by atoms with Crippen LogP contribution in [-0.2, 0) is 7.05 Å². The lowest BCUT2D eigenvalue weighted by Crippen LogP contribution is -2.21. The van der Waals surface area contributed by atoms with Gasteiger partial charge in [-0.15, -0.1) is 0 Å². The number of halogens is 1. The Balaban J connectivity index is 1.95. The van der Waals surface area contributed by atoms with Gasteiger partial charge in [-0.05, 0) is 38.1 Å². The van der Waals surface area contributed by atoms with E-state index in [2.05, 4.69) is 20.1 Å². The molecule has 0 amide bonds. The summed E-state index contributed by atoms with van der Waals surface area (Å²) >= 11 is 0. The molecule has 0 atom stereocenters. The van der Waals surface area contributed by atoms with E-state index >= 15 is 0 Å². The maximum Gasteiger partial charge on any atom is 0.272 e. The summed E-state index contributed by atoms with van der Waals surface area (Å²) in [5.41, 5.74) is 2.96. The van der Waals surface area contributed by atoms with Crippen LogP contribution in [0.25, 0.3) is 28.1 Å². The van der Waals surface area contributed by atoms with Crippen molar-refractivity contribution in [2.45, 2.75) is 13.8 Å². The Labute approximate surface area is 147 Å². The Morgan fingerprint density at radius 3 is 2.65 bits per heavy atom. The predicted molar refractivity (Wildman–Crippen MR) is 94.6 cm³/mol. The molecule has 26 heavy (non-hydrogen) atoms. The lowest BCUT2D eigenvalue weighted by molar-refractivity contribution is 0.581. The normalized spacial score (nSPS) is 11.2. The molecule has 0 spiro atoms. The maximum absolute atomic E-state index is 13.5. The van der Waals surface area contributed by atoms with Crippen LogP contribution in [0.15, 0.2) is 41.3 Å². The van der Waals surface area contributed by atoms with Gasteiger partial charge in [-0.2, -0.15) is 9.49 Å². The van der Waals surface area contributed by atoms with E-state index < -0.39 is 5.95 Å². The molecule has 3 heterocycles. The molecule has 7 nitrogen and oxygen atoms in total. The number of hydrogen-bond acceptors (Lipinski definition) is 5. The number of nitrogens with zero attached hydrogens (tertiary/aromatic N) is 6. The van der Waals surface area contributed by atoms with Crippen LogP contribution in [0.1, 0.15) is 11.5 Å². The molecule has 1 aromatic carbocycles. The standard InChI is InChI=1S/C18H15FN6O/c1-10-18(26)24(3)15-8-12(4-5-14(15)21-10)17-22-11(2)23-25(17)13-6-7-20-16(19)9-13/h4-9H,1-3H3. The molecule has 4 rings (SSSR count). The highest BCUT2D eigenvalue weighted by molar-refractivity contribution is 5.80. The molecule has 0 radical (unpaired) electrons. The molecule has 3 aromatic heterocycles. The maximum atomic E-state index is 13.5. The second-order valence-electron chi connectivity index (χ2n) is 6.00. The van der Waals surface area contributed by atoms with Crippen molar-refractivity contribution in [3.8, 4) is 17.1 Å². The van der Waals surface area contributed by atoms with Crippen LogP contribution < -0.4 is 5.56 Å². The zero-order chi connectivity index (χ0) is 18.4. The van der Waals surface area contributed by atoms with Crippen molar-refractivity contribution >= 4 is 11.0 Å². The van der Waals surface area contributed by atoms with Crippen LogP contribution in [-0.4, -0.2) is 29.3 Å². The fourth-order valence-corrected chi connectivity index (χ4v) is 2.91. The van der Waals surface area contributed by atoms with E-state index in [1.807, 2.05) is 18.2 Å². The van der Waals surface area contributed by atoms with Crippen LogP contribution >= 0.6 is 0 Å². The summed E-state index contributed by atoms with van der Waals surface area (Å²) in [4.78, 5) is 24.5. The number of pyridine rings is 1. The number of aryl methyl sites for hydroxylation is 3. The van der Waals surface area contributed by atoms with Crippen LogP contribution in [0.2, 0.25) is 0 Å². The molecule has 0 N–H and O–H groups in total. The quantitative estimate of drug-likeness (QED) is 0.519. The van der Waals surface area contributed by atoms with Gasteiger partial charge in [0.25, 0.3) is 5.56 Å². The first-order valence-corrected chi connectivity index (χ1v) is 7.97. The van der Waals surface area contributed by atoms with Crippen molar-refractivity contribution < 1.29 is 4.39 Å². The summed E-state index contributed by atoms with van der Waals surface area (Å²) < 4.78 is 16.6. The van der Waals surface area contributed by atoms with E-state index in [-0.39, 0.29) is 5.56 Å². The molecule has 0 aliphatic carbocycles. The highest BCUT2D eigenvalue weighted by Crippen LogP contribution is 2.24. The van der Waals surface area contributed by atoms with Crippen molar-refractivity contribution in [1.82, 2.24) is 29.3 Å². The van der Waals surface area contributed by atoms with Crippen LogP contribution in [0.4, 0.5) is 4.39 Å². The summed E-state index contributed by atoms with van der Waals surface area (Å²) in [7, 11) is 1.71. The molecule has 0 unspecified atom stereocenters. The zero-order valence-corrected chi connectivity index (χ0v) is 14.4. The smallest absolute Gasteiger partial charge is 0.272 e. The van der Waals surface area contributed by atoms with E-state index in [0.717, 1.165) is 5.56 Å². The molecular formula is C18H15FN6O. The first-order valence-electron chi connectivity index (χ1n) is 7.97. The summed E-state index contributed by atoms with van der Waals surface area (Å²) in [6.07, 6.45) is 1.38. The summed E-state index contributed by atoms with van der Waals surface area (Å²) in [6, 6.07) is 8.47. The van der Waals surface area contributed by atoms with Crippen LogP contribution in [0, 0.1) is 19.8 Å². The molecule has 130 valence electrons. The molecule has 0 aliphatic rings. The van der Waals surface area contributed by atoms with Gasteiger partial charge in [-0.1, -0.05) is 0 Å². The first-order chi connectivity index (χ1) is 12.4.